The lowest BCUT2D eigenvalue weighted by atomic mass is 9.68. The molecule has 4 aromatic carbocycles. The minimum absolute atomic E-state index is 0.390. The Morgan fingerprint density at radius 3 is 1.83 bits per heavy atom. The van der Waals surface area contributed by atoms with Crippen LogP contribution in [0.5, 0.6) is 0 Å². The van der Waals surface area contributed by atoms with Crippen molar-refractivity contribution in [1.82, 2.24) is 0 Å². The van der Waals surface area contributed by atoms with Gasteiger partial charge in [0.2, 0.25) is 0 Å². The Morgan fingerprint density at radius 2 is 1.17 bits per heavy atom. The van der Waals surface area contributed by atoms with Gasteiger partial charge in [-0.25, -0.2) is 0 Å². The molecule has 0 unspecified atom stereocenters. The molecular weight excluding hydrogens is 364 g/mol. The highest BCUT2D eigenvalue weighted by Gasteiger charge is 2.45. The van der Waals surface area contributed by atoms with Gasteiger partial charge in [0, 0.05) is 10.9 Å². The predicted octanol–water partition coefficient (Wildman–Crippen LogP) is 7.44. The maximum absolute atomic E-state index is 6.10. The van der Waals surface area contributed by atoms with Gasteiger partial charge in [0.05, 0.1) is 11.7 Å². The molecule has 0 fully saturated rings. The molecule has 0 saturated heterocycles. The average molecular weight is 382 g/mol. The van der Waals surface area contributed by atoms with E-state index in [0.717, 1.165) is 11.0 Å². The second-order valence-electron chi connectivity index (χ2n) is 8.15. The minimum Gasteiger partial charge on any atom is -0.464 e. The lowest BCUT2D eigenvalue weighted by Gasteiger charge is -2.32. The highest BCUT2D eigenvalue weighted by molar-refractivity contribution is 5.97. The quantitative estimate of drug-likeness (QED) is 0.271. The van der Waals surface area contributed by atoms with Crippen LogP contribution in [0.1, 0.15) is 22.3 Å². The summed E-state index contributed by atoms with van der Waals surface area (Å²) >= 11 is 0. The Hall–Kier alpha value is -3.84. The van der Waals surface area contributed by atoms with Crippen LogP contribution in [0.4, 0.5) is 0 Å². The van der Waals surface area contributed by atoms with E-state index in [4.69, 9.17) is 4.42 Å². The first kappa shape index (κ1) is 16.0. The molecule has 0 bridgehead atoms. The van der Waals surface area contributed by atoms with Crippen molar-refractivity contribution in [3.05, 3.63) is 126 Å². The summed E-state index contributed by atoms with van der Waals surface area (Å²) in [6.45, 7) is 0. The Morgan fingerprint density at radius 1 is 0.567 bits per heavy atom. The number of furan rings is 1. The molecule has 5 aromatic rings. The maximum Gasteiger partial charge on any atom is 0.139 e. The van der Waals surface area contributed by atoms with Gasteiger partial charge in [-0.05, 0) is 45.0 Å². The van der Waals surface area contributed by atoms with Gasteiger partial charge in [0.15, 0.2) is 0 Å². The number of rotatable bonds is 0. The van der Waals surface area contributed by atoms with Gasteiger partial charge in [-0.3, -0.25) is 0 Å². The van der Waals surface area contributed by atoms with Crippen molar-refractivity contribution in [2.24, 2.45) is 0 Å². The molecule has 1 spiro atoms. The molecule has 0 amide bonds. The first-order valence-electron chi connectivity index (χ1n) is 10.4. The van der Waals surface area contributed by atoms with Crippen molar-refractivity contribution >= 4 is 17.0 Å². The summed E-state index contributed by atoms with van der Waals surface area (Å²) in [5, 5.41) is 1.15. The Bertz CT molecular complexity index is 1430. The molecule has 140 valence electrons. The average Bonchev–Trinajstić information content (AvgIpc) is 3.42. The summed E-state index contributed by atoms with van der Waals surface area (Å²) in [7, 11) is 0. The SMILES string of the molecule is C1=CC2(c3ccccc3-c3ccccc3-c3ccccc32)c2c1ccc1ccoc21. The van der Waals surface area contributed by atoms with Crippen LogP contribution in [0.3, 0.4) is 0 Å². The normalized spacial score (nSPS) is 14.8. The van der Waals surface area contributed by atoms with E-state index < -0.39 is 0 Å². The van der Waals surface area contributed by atoms with Crippen LogP contribution in [0.25, 0.3) is 39.3 Å². The molecule has 30 heavy (non-hydrogen) atoms. The fourth-order valence-electron chi connectivity index (χ4n) is 5.56. The van der Waals surface area contributed by atoms with Crippen LogP contribution < -0.4 is 0 Å². The fraction of sp³-hybridized carbons (Fsp3) is 0.0345. The topological polar surface area (TPSA) is 13.1 Å². The molecule has 2 aliphatic carbocycles. The van der Waals surface area contributed by atoms with Gasteiger partial charge in [0.1, 0.15) is 5.58 Å². The van der Waals surface area contributed by atoms with E-state index in [1.807, 2.05) is 0 Å². The molecule has 1 heteroatoms. The van der Waals surface area contributed by atoms with Crippen LogP contribution in [-0.4, -0.2) is 0 Å². The Kier molecular flexibility index (Phi) is 2.99. The molecule has 1 nitrogen and oxygen atoms in total. The zero-order valence-electron chi connectivity index (χ0n) is 16.3. The molecule has 7 rings (SSSR count). The number of hydrogen-bond donors (Lipinski definition) is 0. The number of hydrogen-bond acceptors (Lipinski definition) is 1. The van der Waals surface area contributed by atoms with E-state index in [-0.39, 0.29) is 5.41 Å². The van der Waals surface area contributed by atoms with Gasteiger partial charge in [-0.1, -0.05) is 97.1 Å². The lowest BCUT2D eigenvalue weighted by Crippen LogP contribution is -2.26. The van der Waals surface area contributed by atoms with Gasteiger partial charge in [0.25, 0.3) is 0 Å². The number of benzene rings is 4. The summed E-state index contributed by atoms with van der Waals surface area (Å²) in [5.74, 6) is 0. The third-order valence-corrected chi connectivity index (χ3v) is 6.77. The standard InChI is InChI=1S/C29H18O/c1-2-8-22-21(7-1)23-9-3-5-11-25(23)29(26-12-6-4-10-24(22)26)17-15-19-13-14-20-16-18-30-28(20)27(19)29/h1-18H. The van der Waals surface area contributed by atoms with Crippen molar-refractivity contribution in [2.45, 2.75) is 5.41 Å². The predicted molar refractivity (Wildman–Crippen MR) is 122 cm³/mol. The van der Waals surface area contributed by atoms with E-state index in [1.54, 1.807) is 6.26 Å². The summed E-state index contributed by atoms with van der Waals surface area (Å²) < 4.78 is 6.10. The number of fused-ring (bicyclic) bond motifs is 11. The van der Waals surface area contributed by atoms with Crippen LogP contribution in [0.15, 0.2) is 108 Å². The zero-order valence-corrected chi connectivity index (χ0v) is 16.3. The molecule has 0 saturated carbocycles. The first-order valence-corrected chi connectivity index (χ1v) is 10.4. The summed E-state index contributed by atoms with van der Waals surface area (Å²) in [4.78, 5) is 0. The fourth-order valence-corrected chi connectivity index (χ4v) is 5.56. The summed E-state index contributed by atoms with van der Waals surface area (Å²) in [5.41, 5.74) is 10.8. The van der Waals surface area contributed by atoms with E-state index in [9.17, 15) is 0 Å². The van der Waals surface area contributed by atoms with Crippen LogP contribution >= 0.6 is 0 Å². The zero-order chi connectivity index (χ0) is 19.7. The molecule has 2 aliphatic rings. The minimum atomic E-state index is -0.390. The van der Waals surface area contributed by atoms with Crippen LogP contribution in [0, 0.1) is 0 Å². The van der Waals surface area contributed by atoms with E-state index in [2.05, 4.69) is 103 Å². The van der Waals surface area contributed by atoms with Gasteiger partial charge < -0.3 is 4.42 Å². The molecule has 0 N–H and O–H groups in total. The Labute approximate surface area is 174 Å². The van der Waals surface area contributed by atoms with Crippen molar-refractivity contribution < 1.29 is 4.42 Å². The van der Waals surface area contributed by atoms with Gasteiger partial charge in [-0.15, -0.1) is 0 Å². The molecule has 1 heterocycles. The van der Waals surface area contributed by atoms with Gasteiger partial charge >= 0.3 is 0 Å². The van der Waals surface area contributed by atoms with Crippen molar-refractivity contribution in [3.63, 3.8) is 0 Å². The highest BCUT2D eigenvalue weighted by atomic mass is 16.3. The molecule has 0 aliphatic heterocycles. The Balaban J connectivity index is 1.74. The highest BCUT2D eigenvalue weighted by Crippen LogP contribution is 2.56. The summed E-state index contributed by atoms with van der Waals surface area (Å²) in [6.07, 6.45) is 6.45. The summed E-state index contributed by atoms with van der Waals surface area (Å²) in [6, 6.07) is 32.9. The van der Waals surface area contributed by atoms with Crippen molar-refractivity contribution in [2.75, 3.05) is 0 Å². The third kappa shape index (κ3) is 1.83. The van der Waals surface area contributed by atoms with Gasteiger partial charge in [-0.2, -0.15) is 0 Å². The lowest BCUT2D eigenvalue weighted by molar-refractivity contribution is 0.604. The molecule has 0 atom stereocenters. The van der Waals surface area contributed by atoms with E-state index in [1.165, 1.54) is 44.5 Å². The molecule has 0 radical (unpaired) electrons. The first-order chi connectivity index (χ1) is 14.9. The largest absolute Gasteiger partial charge is 0.464 e. The monoisotopic (exact) mass is 382 g/mol. The maximum atomic E-state index is 6.10. The van der Waals surface area contributed by atoms with E-state index in [0.29, 0.717) is 0 Å². The van der Waals surface area contributed by atoms with Crippen LogP contribution in [0.2, 0.25) is 0 Å². The molecular formula is C29H18O. The second-order valence-corrected chi connectivity index (χ2v) is 8.15. The molecule has 1 aromatic heterocycles. The number of allylic oxidation sites excluding steroid dienone is 1. The van der Waals surface area contributed by atoms with Crippen LogP contribution in [-0.2, 0) is 5.41 Å². The van der Waals surface area contributed by atoms with Crippen molar-refractivity contribution in [3.8, 4) is 22.3 Å². The smallest absolute Gasteiger partial charge is 0.139 e. The van der Waals surface area contributed by atoms with Crippen molar-refractivity contribution in [1.29, 1.82) is 0 Å². The van der Waals surface area contributed by atoms with E-state index >= 15 is 0 Å². The second kappa shape index (κ2) is 5.61. The third-order valence-electron chi connectivity index (χ3n) is 6.77.